The second kappa shape index (κ2) is 4.28. The van der Waals surface area contributed by atoms with Crippen molar-refractivity contribution in [3.8, 4) is 0 Å². The smallest absolute Gasteiger partial charge is 0.257 e. The van der Waals surface area contributed by atoms with Crippen LogP contribution in [0.5, 0.6) is 0 Å². The highest BCUT2D eigenvalue weighted by Gasteiger charge is 2.00. The Labute approximate surface area is 71.4 Å². The quantitative estimate of drug-likeness (QED) is 0.407. The van der Waals surface area contributed by atoms with Gasteiger partial charge in [-0.3, -0.25) is 0 Å². The fraction of sp³-hybridized carbons (Fsp3) is 0.286. The van der Waals surface area contributed by atoms with Gasteiger partial charge in [0.25, 0.3) is 5.82 Å². The number of halogens is 1. The van der Waals surface area contributed by atoms with E-state index < -0.39 is 0 Å². The minimum atomic E-state index is 0. The van der Waals surface area contributed by atoms with Gasteiger partial charge < -0.3 is 17.0 Å². The fourth-order valence-electron chi connectivity index (χ4n) is 0.777. The normalized spacial score (nSPS) is 8.50. The SMILES string of the molecule is C=CCc1[nH]cc[n+]1C.[Br-]. The molecule has 0 unspecified atom stereocenters. The molecule has 1 rings (SSSR count). The van der Waals surface area contributed by atoms with Crippen LogP contribution in [-0.2, 0) is 13.5 Å². The van der Waals surface area contributed by atoms with Gasteiger partial charge in [-0.05, 0) is 0 Å². The fourth-order valence-corrected chi connectivity index (χ4v) is 0.777. The Morgan fingerprint density at radius 3 is 2.90 bits per heavy atom. The van der Waals surface area contributed by atoms with Crippen LogP contribution in [0.15, 0.2) is 25.0 Å². The minimum Gasteiger partial charge on any atom is -1.00 e. The predicted molar refractivity (Wildman–Crippen MR) is 35.9 cm³/mol. The molecule has 0 saturated carbocycles. The molecule has 1 N–H and O–H groups in total. The lowest BCUT2D eigenvalue weighted by molar-refractivity contribution is -0.677. The molecule has 0 bridgehead atoms. The highest BCUT2D eigenvalue weighted by atomic mass is 79.9. The van der Waals surface area contributed by atoms with Crippen LogP contribution in [0.2, 0.25) is 0 Å². The van der Waals surface area contributed by atoms with Crippen LogP contribution >= 0.6 is 0 Å². The lowest BCUT2D eigenvalue weighted by Gasteiger charge is -1.85. The molecular weight excluding hydrogens is 192 g/mol. The standard InChI is InChI=1S/C7H10N2.BrH/c1-3-4-7-8-5-6-9(7)2;/h3,5-6H,1,4H2,2H3;1H. The van der Waals surface area contributed by atoms with E-state index in [0.717, 1.165) is 6.42 Å². The van der Waals surface area contributed by atoms with Crippen LogP contribution in [-0.4, -0.2) is 4.98 Å². The van der Waals surface area contributed by atoms with Crippen LogP contribution < -0.4 is 21.5 Å². The average molecular weight is 203 g/mol. The Bertz CT molecular complexity index is 205. The molecule has 1 heterocycles. The van der Waals surface area contributed by atoms with E-state index >= 15 is 0 Å². The van der Waals surface area contributed by atoms with Crippen LogP contribution in [0.3, 0.4) is 0 Å². The molecule has 0 aromatic carbocycles. The highest BCUT2D eigenvalue weighted by Crippen LogP contribution is 1.85. The number of nitrogens with zero attached hydrogens (tertiary/aromatic N) is 1. The molecule has 0 amide bonds. The largest absolute Gasteiger partial charge is 1.00 e. The third kappa shape index (κ3) is 1.99. The maximum absolute atomic E-state index is 3.64. The molecular formula is C7H11BrN2. The van der Waals surface area contributed by atoms with E-state index in [1.54, 1.807) is 0 Å². The van der Waals surface area contributed by atoms with E-state index in [1.807, 2.05) is 30.1 Å². The Hall–Kier alpha value is -0.570. The third-order valence-corrected chi connectivity index (χ3v) is 1.31. The number of imidazole rings is 1. The van der Waals surface area contributed by atoms with Crippen molar-refractivity contribution < 1.29 is 21.5 Å². The lowest BCUT2D eigenvalue weighted by atomic mass is 10.4. The first-order valence-electron chi connectivity index (χ1n) is 2.97. The van der Waals surface area contributed by atoms with Gasteiger partial charge in [-0.1, -0.05) is 6.08 Å². The Kier molecular flexibility index (Phi) is 4.03. The topological polar surface area (TPSA) is 19.7 Å². The molecule has 1 aromatic heterocycles. The van der Waals surface area contributed by atoms with E-state index in [0.29, 0.717) is 0 Å². The monoisotopic (exact) mass is 202 g/mol. The number of aryl methyl sites for hydroxylation is 1. The van der Waals surface area contributed by atoms with E-state index in [-0.39, 0.29) is 17.0 Å². The van der Waals surface area contributed by atoms with Gasteiger partial charge in [0.1, 0.15) is 12.4 Å². The Balaban J connectivity index is 0.000000810. The van der Waals surface area contributed by atoms with Gasteiger partial charge in [0.15, 0.2) is 0 Å². The summed E-state index contributed by atoms with van der Waals surface area (Å²) >= 11 is 0. The van der Waals surface area contributed by atoms with Crippen LogP contribution in [0.1, 0.15) is 5.82 Å². The second-order valence-electron chi connectivity index (χ2n) is 2.01. The van der Waals surface area contributed by atoms with Crippen molar-refractivity contribution >= 4 is 0 Å². The zero-order valence-corrected chi connectivity index (χ0v) is 7.56. The summed E-state index contributed by atoms with van der Waals surface area (Å²) in [5.74, 6) is 1.19. The Morgan fingerprint density at radius 1 is 1.80 bits per heavy atom. The molecule has 0 radical (unpaired) electrons. The molecule has 0 aliphatic carbocycles. The summed E-state index contributed by atoms with van der Waals surface area (Å²) in [6.07, 6.45) is 6.69. The first-order valence-corrected chi connectivity index (χ1v) is 2.97. The summed E-state index contributed by atoms with van der Waals surface area (Å²) in [7, 11) is 2.01. The van der Waals surface area contributed by atoms with Crippen molar-refractivity contribution in [1.29, 1.82) is 0 Å². The first-order chi connectivity index (χ1) is 4.34. The zero-order chi connectivity index (χ0) is 6.69. The van der Waals surface area contributed by atoms with Gasteiger partial charge >= 0.3 is 0 Å². The molecule has 0 fully saturated rings. The molecule has 0 atom stereocenters. The Morgan fingerprint density at radius 2 is 2.50 bits per heavy atom. The van der Waals surface area contributed by atoms with E-state index in [9.17, 15) is 0 Å². The summed E-state index contributed by atoms with van der Waals surface area (Å²) in [5.41, 5.74) is 0. The molecule has 1 aromatic rings. The van der Waals surface area contributed by atoms with Crippen molar-refractivity contribution in [2.75, 3.05) is 0 Å². The summed E-state index contributed by atoms with van der Waals surface area (Å²) < 4.78 is 2.04. The number of aromatic amines is 1. The second-order valence-corrected chi connectivity index (χ2v) is 2.01. The molecule has 0 aliphatic heterocycles. The van der Waals surface area contributed by atoms with Crippen LogP contribution in [0.25, 0.3) is 0 Å². The van der Waals surface area contributed by atoms with Gasteiger partial charge in [-0.25, -0.2) is 9.55 Å². The van der Waals surface area contributed by atoms with Crippen molar-refractivity contribution in [3.05, 3.63) is 30.9 Å². The van der Waals surface area contributed by atoms with Gasteiger partial charge in [0, 0.05) is 0 Å². The van der Waals surface area contributed by atoms with Crippen LogP contribution in [0.4, 0.5) is 0 Å². The molecule has 0 saturated heterocycles. The number of allylic oxidation sites excluding steroid dienone is 1. The highest BCUT2D eigenvalue weighted by molar-refractivity contribution is 4.85. The molecule has 2 nitrogen and oxygen atoms in total. The molecule has 3 heteroatoms. The van der Waals surface area contributed by atoms with Crippen molar-refractivity contribution in [2.24, 2.45) is 7.05 Å². The summed E-state index contributed by atoms with van der Waals surface area (Å²) in [6, 6.07) is 0. The van der Waals surface area contributed by atoms with Gasteiger partial charge in [0.2, 0.25) is 0 Å². The molecule has 10 heavy (non-hydrogen) atoms. The molecule has 0 spiro atoms. The van der Waals surface area contributed by atoms with Crippen molar-refractivity contribution in [2.45, 2.75) is 6.42 Å². The van der Waals surface area contributed by atoms with Crippen LogP contribution in [0, 0.1) is 0 Å². The lowest BCUT2D eigenvalue weighted by Crippen LogP contribution is -3.00. The van der Waals surface area contributed by atoms with E-state index in [4.69, 9.17) is 0 Å². The summed E-state index contributed by atoms with van der Waals surface area (Å²) in [4.78, 5) is 3.10. The van der Waals surface area contributed by atoms with Gasteiger partial charge in [0.05, 0.1) is 13.5 Å². The number of nitrogens with one attached hydrogen (secondary N) is 1. The number of hydrogen-bond donors (Lipinski definition) is 1. The number of hydrogen-bond acceptors (Lipinski definition) is 0. The maximum atomic E-state index is 3.64. The summed E-state index contributed by atoms with van der Waals surface area (Å²) in [5, 5.41) is 0. The van der Waals surface area contributed by atoms with Gasteiger partial charge in [-0.2, -0.15) is 0 Å². The maximum Gasteiger partial charge on any atom is 0.257 e. The number of aromatic nitrogens is 2. The predicted octanol–water partition coefficient (Wildman–Crippen LogP) is -2.43. The van der Waals surface area contributed by atoms with E-state index in [1.165, 1.54) is 5.82 Å². The average Bonchev–Trinajstić information content (AvgIpc) is 2.18. The van der Waals surface area contributed by atoms with Crippen molar-refractivity contribution in [1.82, 2.24) is 4.98 Å². The van der Waals surface area contributed by atoms with Gasteiger partial charge in [-0.15, -0.1) is 6.58 Å². The number of H-pyrrole nitrogens is 1. The molecule has 56 valence electrons. The number of rotatable bonds is 2. The zero-order valence-electron chi connectivity index (χ0n) is 5.97. The summed E-state index contributed by atoms with van der Waals surface area (Å²) in [6.45, 7) is 3.64. The molecule has 0 aliphatic rings. The van der Waals surface area contributed by atoms with E-state index in [2.05, 4.69) is 11.6 Å². The van der Waals surface area contributed by atoms with Crippen molar-refractivity contribution in [3.63, 3.8) is 0 Å². The minimum absolute atomic E-state index is 0. The first kappa shape index (κ1) is 9.43. The third-order valence-electron chi connectivity index (χ3n) is 1.31.